The average molecular weight is 469 g/mol. The van der Waals surface area contributed by atoms with E-state index in [1.807, 2.05) is 6.07 Å². The minimum atomic E-state index is -0.683. The lowest BCUT2D eigenvalue weighted by Gasteiger charge is -2.28. The Morgan fingerprint density at radius 3 is 2.73 bits per heavy atom. The third kappa shape index (κ3) is 4.72. The number of nitro benzene ring substituents is 1. The van der Waals surface area contributed by atoms with Crippen molar-refractivity contribution in [1.82, 2.24) is 14.8 Å². The summed E-state index contributed by atoms with van der Waals surface area (Å²) >= 11 is 1.33. The Bertz CT molecular complexity index is 1240. The van der Waals surface area contributed by atoms with Crippen molar-refractivity contribution in [1.29, 1.82) is 0 Å². The molecule has 0 saturated carbocycles. The number of hydrogen-bond donors (Lipinski definition) is 1. The van der Waals surface area contributed by atoms with Crippen molar-refractivity contribution in [3.05, 3.63) is 86.9 Å². The number of esters is 1. The first kappa shape index (κ1) is 22.5. The summed E-state index contributed by atoms with van der Waals surface area (Å²) < 4.78 is 20.3. The lowest BCUT2D eigenvalue weighted by Crippen LogP contribution is -2.29. The number of ether oxygens (including phenoxy) is 1. The van der Waals surface area contributed by atoms with Gasteiger partial charge in [0.15, 0.2) is 0 Å². The number of carbonyl (C=O) groups excluding carboxylic acids is 1. The molecule has 0 amide bonds. The number of rotatable bonds is 7. The second-order valence-corrected chi connectivity index (χ2v) is 8.16. The fourth-order valence-corrected chi connectivity index (χ4v) is 4.30. The van der Waals surface area contributed by atoms with E-state index in [1.54, 1.807) is 36.7 Å². The number of nitrogens with zero attached hydrogens (tertiary/aromatic N) is 4. The fourth-order valence-electron chi connectivity index (χ4n) is 3.53. The molecule has 0 radical (unpaired) electrons. The molecule has 1 atom stereocenters. The molecule has 1 aliphatic heterocycles. The molecule has 0 fully saturated rings. The monoisotopic (exact) mass is 469 g/mol. The zero-order valence-corrected chi connectivity index (χ0v) is 18.6. The van der Waals surface area contributed by atoms with Crippen LogP contribution in [0, 0.1) is 15.9 Å². The second-order valence-electron chi connectivity index (χ2n) is 7.22. The number of nitro groups is 1. The molecule has 11 heteroatoms. The third-order valence-corrected chi connectivity index (χ3v) is 5.91. The van der Waals surface area contributed by atoms with Crippen LogP contribution in [0.3, 0.4) is 0 Å². The molecule has 1 unspecified atom stereocenters. The van der Waals surface area contributed by atoms with Crippen LogP contribution in [0.5, 0.6) is 0 Å². The maximum Gasteiger partial charge on any atom is 0.338 e. The fraction of sp³-hybridized carbons (Fsp3) is 0.227. The molecule has 0 saturated heterocycles. The number of anilines is 1. The highest BCUT2D eigenvalue weighted by molar-refractivity contribution is 7.98. The van der Waals surface area contributed by atoms with Crippen molar-refractivity contribution in [2.75, 3.05) is 11.9 Å². The van der Waals surface area contributed by atoms with Gasteiger partial charge in [0.05, 0.1) is 17.1 Å². The highest BCUT2D eigenvalue weighted by Gasteiger charge is 2.35. The van der Waals surface area contributed by atoms with Crippen LogP contribution < -0.4 is 5.32 Å². The molecule has 0 bridgehead atoms. The first-order chi connectivity index (χ1) is 15.9. The summed E-state index contributed by atoms with van der Waals surface area (Å²) in [5.41, 5.74) is 2.24. The Labute approximate surface area is 192 Å². The quantitative estimate of drug-likeness (QED) is 0.233. The van der Waals surface area contributed by atoms with Gasteiger partial charge in [-0.15, -0.1) is 5.10 Å². The van der Waals surface area contributed by atoms with Gasteiger partial charge in [0.1, 0.15) is 11.9 Å². The molecule has 1 N–H and O–H groups in total. The summed E-state index contributed by atoms with van der Waals surface area (Å²) in [7, 11) is 0. The molecule has 2 aromatic carbocycles. The van der Waals surface area contributed by atoms with Gasteiger partial charge in [-0.3, -0.25) is 10.1 Å². The molecule has 2 heterocycles. The van der Waals surface area contributed by atoms with Crippen LogP contribution in [-0.4, -0.2) is 32.3 Å². The molecule has 9 nitrogen and oxygen atoms in total. The van der Waals surface area contributed by atoms with Gasteiger partial charge in [-0.05, 0) is 49.2 Å². The SMILES string of the molecule is CCOC(=O)C1=C(C)Nc2nc(SCc3cccc(F)c3)nn2C1c1ccc([N+](=O)[O-])cc1. The van der Waals surface area contributed by atoms with Gasteiger partial charge in [-0.25, -0.2) is 13.9 Å². The third-order valence-electron chi connectivity index (χ3n) is 5.01. The number of hydrogen-bond acceptors (Lipinski definition) is 8. The number of allylic oxidation sites excluding steroid dienone is 1. The van der Waals surface area contributed by atoms with Gasteiger partial charge in [0.2, 0.25) is 11.1 Å². The second kappa shape index (κ2) is 9.41. The number of benzene rings is 2. The molecular weight excluding hydrogens is 449 g/mol. The van der Waals surface area contributed by atoms with E-state index in [1.165, 1.54) is 36.0 Å². The van der Waals surface area contributed by atoms with Crippen molar-refractivity contribution in [2.24, 2.45) is 0 Å². The van der Waals surface area contributed by atoms with Gasteiger partial charge in [-0.2, -0.15) is 4.98 Å². The van der Waals surface area contributed by atoms with Crippen molar-refractivity contribution < 1.29 is 18.8 Å². The van der Waals surface area contributed by atoms with E-state index in [0.717, 1.165) is 5.56 Å². The molecule has 3 aromatic rings. The molecule has 0 spiro atoms. The number of fused-ring (bicyclic) bond motifs is 1. The summed E-state index contributed by atoms with van der Waals surface area (Å²) in [6.07, 6.45) is 0. The lowest BCUT2D eigenvalue weighted by molar-refractivity contribution is -0.384. The summed E-state index contributed by atoms with van der Waals surface area (Å²) in [4.78, 5) is 27.9. The first-order valence-corrected chi connectivity index (χ1v) is 11.1. The zero-order valence-electron chi connectivity index (χ0n) is 17.8. The van der Waals surface area contributed by atoms with Gasteiger partial charge in [0, 0.05) is 23.6 Å². The zero-order chi connectivity index (χ0) is 23.5. The Morgan fingerprint density at radius 1 is 1.30 bits per heavy atom. The van der Waals surface area contributed by atoms with Crippen LogP contribution >= 0.6 is 11.8 Å². The van der Waals surface area contributed by atoms with Gasteiger partial charge in [0.25, 0.3) is 5.69 Å². The van der Waals surface area contributed by atoms with Crippen LogP contribution in [0.2, 0.25) is 0 Å². The van der Waals surface area contributed by atoms with E-state index in [2.05, 4.69) is 15.4 Å². The molecule has 1 aliphatic rings. The minimum Gasteiger partial charge on any atom is -0.463 e. The van der Waals surface area contributed by atoms with Crippen molar-refractivity contribution in [3.63, 3.8) is 0 Å². The highest BCUT2D eigenvalue weighted by Crippen LogP contribution is 2.37. The number of non-ortho nitro benzene ring substituents is 1. The van der Waals surface area contributed by atoms with E-state index in [9.17, 15) is 19.3 Å². The largest absolute Gasteiger partial charge is 0.463 e. The summed E-state index contributed by atoms with van der Waals surface area (Å²) in [6.45, 7) is 3.65. The Kier molecular flexibility index (Phi) is 6.40. The van der Waals surface area contributed by atoms with Crippen LogP contribution in [0.4, 0.5) is 16.0 Å². The molecule has 1 aromatic heterocycles. The van der Waals surface area contributed by atoms with Gasteiger partial charge in [-0.1, -0.05) is 23.9 Å². The maximum absolute atomic E-state index is 13.5. The molecular formula is C22H20FN5O4S. The van der Waals surface area contributed by atoms with E-state index >= 15 is 0 Å². The number of carbonyl (C=O) groups is 1. The number of nitrogens with one attached hydrogen (secondary N) is 1. The van der Waals surface area contributed by atoms with E-state index in [0.29, 0.717) is 33.7 Å². The van der Waals surface area contributed by atoms with Crippen LogP contribution in [0.1, 0.15) is 31.0 Å². The van der Waals surface area contributed by atoms with Gasteiger partial charge >= 0.3 is 5.97 Å². The topological polar surface area (TPSA) is 112 Å². The van der Waals surface area contributed by atoms with E-state index in [4.69, 9.17) is 4.74 Å². The van der Waals surface area contributed by atoms with Crippen LogP contribution in [0.25, 0.3) is 0 Å². The van der Waals surface area contributed by atoms with E-state index in [-0.39, 0.29) is 18.1 Å². The standard InChI is InChI=1S/C22H20FN5O4S/c1-3-32-20(29)18-13(2)24-21-25-22(33-12-14-5-4-6-16(23)11-14)26-27(21)19(18)15-7-9-17(10-8-15)28(30)31/h4-11,19H,3,12H2,1-2H3,(H,24,25,26). The normalized spacial score (nSPS) is 15.1. The maximum atomic E-state index is 13.5. The summed E-state index contributed by atoms with van der Waals surface area (Å²) in [5.74, 6) is 0.0520. The van der Waals surface area contributed by atoms with Crippen LogP contribution in [0.15, 0.2) is 65.0 Å². The lowest BCUT2D eigenvalue weighted by atomic mass is 9.95. The first-order valence-electron chi connectivity index (χ1n) is 10.1. The minimum absolute atomic E-state index is 0.0591. The summed E-state index contributed by atoms with van der Waals surface area (Å²) in [6, 6.07) is 11.5. The predicted octanol–water partition coefficient (Wildman–Crippen LogP) is 4.47. The number of aromatic nitrogens is 3. The summed E-state index contributed by atoms with van der Waals surface area (Å²) in [5, 5.41) is 19.2. The van der Waals surface area contributed by atoms with Crippen molar-refractivity contribution in [2.45, 2.75) is 30.8 Å². The molecule has 170 valence electrons. The smallest absolute Gasteiger partial charge is 0.338 e. The highest BCUT2D eigenvalue weighted by atomic mass is 32.2. The molecule has 33 heavy (non-hydrogen) atoms. The van der Waals surface area contributed by atoms with Crippen LogP contribution in [-0.2, 0) is 15.3 Å². The Morgan fingerprint density at radius 2 is 2.06 bits per heavy atom. The van der Waals surface area contributed by atoms with Crippen molar-refractivity contribution >= 4 is 29.4 Å². The average Bonchev–Trinajstić information content (AvgIpc) is 3.19. The Balaban J connectivity index is 1.70. The number of thioether (sulfide) groups is 1. The molecule has 0 aliphatic carbocycles. The Hall–Kier alpha value is -3.73. The van der Waals surface area contributed by atoms with Crippen molar-refractivity contribution in [3.8, 4) is 0 Å². The predicted molar refractivity (Wildman–Crippen MR) is 120 cm³/mol. The van der Waals surface area contributed by atoms with Gasteiger partial charge < -0.3 is 10.1 Å². The van der Waals surface area contributed by atoms with E-state index < -0.39 is 16.9 Å². The number of halogens is 1. The molecule has 4 rings (SSSR count).